The molecule has 5 nitrogen and oxygen atoms in total. The molecule has 1 unspecified atom stereocenters. The Bertz CT molecular complexity index is 519. The first-order valence-electron chi connectivity index (χ1n) is 7.57. The number of anilines is 1. The predicted molar refractivity (Wildman–Crippen MR) is 104 cm³/mol. The summed E-state index contributed by atoms with van der Waals surface area (Å²) in [5.74, 6) is 0.111. The van der Waals surface area contributed by atoms with Gasteiger partial charge in [-0.2, -0.15) is 0 Å². The van der Waals surface area contributed by atoms with Crippen LogP contribution in [0.5, 0.6) is 0 Å². The topological polar surface area (TPSA) is 58.8 Å². The Hall–Kier alpha value is -0.720. The summed E-state index contributed by atoms with van der Waals surface area (Å²) in [7, 11) is 1.59. The van der Waals surface area contributed by atoms with Crippen molar-refractivity contribution in [2.75, 3.05) is 44.7 Å². The Kier molecular flexibility index (Phi) is 10.7. The van der Waals surface area contributed by atoms with Gasteiger partial charge < -0.3 is 20.3 Å². The molecular weight excluding hydrogens is 373 g/mol. The molecule has 1 aliphatic heterocycles. The van der Waals surface area contributed by atoms with Gasteiger partial charge in [-0.05, 0) is 24.6 Å². The van der Waals surface area contributed by atoms with E-state index >= 15 is 0 Å². The molecule has 8 heteroatoms. The molecular formula is C16H26Cl3N3O2. The Balaban J connectivity index is 0.00000264. The molecule has 1 aromatic rings. The monoisotopic (exact) mass is 397 g/mol. The van der Waals surface area contributed by atoms with E-state index in [1.165, 1.54) is 5.56 Å². The van der Waals surface area contributed by atoms with E-state index in [0.717, 1.165) is 23.8 Å². The van der Waals surface area contributed by atoms with Gasteiger partial charge in [-0.1, -0.05) is 17.7 Å². The largest absolute Gasteiger partial charge is 0.380 e. The smallest absolute Gasteiger partial charge is 0.225 e. The predicted octanol–water partition coefficient (Wildman–Crippen LogP) is 2.50. The van der Waals surface area contributed by atoms with Gasteiger partial charge in [0.1, 0.15) is 0 Å². The molecule has 1 aliphatic rings. The maximum Gasteiger partial charge on any atom is 0.225 e. The van der Waals surface area contributed by atoms with E-state index in [9.17, 15) is 4.79 Å². The molecule has 0 saturated carbocycles. The van der Waals surface area contributed by atoms with Crippen molar-refractivity contribution in [2.24, 2.45) is 5.73 Å². The number of ether oxygens (including phenoxy) is 1. The van der Waals surface area contributed by atoms with Gasteiger partial charge >= 0.3 is 0 Å². The highest BCUT2D eigenvalue weighted by atomic mass is 35.5. The van der Waals surface area contributed by atoms with Gasteiger partial charge in [0, 0.05) is 50.5 Å². The molecule has 138 valence electrons. The standard InChI is InChI=1S/C16H24ClN3O2.2ClH/c1-12-3-4-13(17)9-15(12)19-5-7-20(8-6-19)16(21)10-14(11-18)22-2;;/h3-4,9,14H,5-8,10-11,18H2,1-2H3;2*1H. The maximum atomic E-state index is 12.2. The molecule has 0 radical (unpaired) electrons. The quantitative estimate of drug-likeness (QED) is 0.828. The number of nitrogens with two attached hydrogens (primary N) is 1. The molecule has 1 heterocycles. The first kappa shape index (κ1) is 23.3. The Morgan fingerprint density at radius 3 is 2.46 bits per heavy atom. The summed E-state index contributed by atoms with van der Waals surface area (Å²) in [6.07, 6.45) is 0.157. The van der Waals surface area contributed by atoms with Crippen LogP contribution in [0.1, 0.15) is 12.0 Å². The number of hydrogen-bond donors (Lipinski definition) is 1. The summed E-state index contributed by atoms with van der Waals surface area (Å²) in [5, 5.41) is 0.741. The molecule has 0 bridgehead atoms. The van der Waals surface area contributed by atoms with Crippen LogP contribution in [0.3, 0.4) is 0 Å². The molecule has 1 saturated heterocycles. The average molecular weight is 399 g/mol. The Morgan fingerprint density at radius 2 is 1.92 bits per heavy atom. The zero-order valence-corrected chi connectivity index (χ0v) is 16.4. The normalized spacial score (nSPS) is 15.3. The first-order chi connectivity index (χ1) is 10.5. The Morgan fingerprint density at radius 1 is 1.29 bits per heavy atom. The van der Waals surface area contributed by atoms with E-state index in [4.69, 9.17) is 22.1 Å². The summed E-state index contributed by atoms with van der Waals surface area (Å²) in [4.78, 5) is 16.4. The fraction of sp³-hybridized carbons (Fsp3) is 0.562. The number of halogens is 3. The minimum Gasteiger partial charge on any atom is -0.380 e. The van der Waals surface area contributed by atoms with E-state index in [1.807, 2.05) is 23.1 Å². The van der Waals surface area contributed by atoms with Crippen LogP contribution in [0.15, 0.2) is 18.2 Å². The molecule has 2 N–H and O–H groups in total. The molecule has 24 heavy (non-hydrogen) atoms. The molecule has 2 rings (SSSR count). The number of aryl methyl sites for hydroxylation is 1. The fourth-order valence-electron chi connectivity index (χ4n) is 2.71. The van der Waals surface area contributed by atoms with Crippen molar-refractivity contribution in [3.8, 4) is 0 Å². The van der Waals surface area contributed by atoms with Crippen LogP contribution in [-0.2, 0) is 9.53 Å². The number of piperazine rings is 1. The number of benzene rings is 1. The number of nitrogens with zero attached hydrogens (tertiary/aromatic N) is 2. The van der Waals surface area contributed by atoms with Crippen molar-refractivity contribution < 1.29 is 9.53 Å². The van der Waals surface area contributed by atoms with E-state index in [-0.39, 0.29) is 36.8 Å². The van der Waals surface area contributed by atoms with Crippen LogP contribution < -0.4 is 10.6 Å². The third-order valence-corrected chi connectivity index (χ3v) is 4.38. The van der Waals surface area contributed by atoms with E-state index in [2.05, 4.69) is 11.8 Å². The molecule has 0 aromatic heterocycles. The number of carbonyl (C=O) groups excluding carboxylic acids is 1. The summed E-state index contributed by atoms with van der Waals surface area (Å²) >= 11 is 6.09. The van der Waals surface area contributed by atoms with Gasteiger partial charge in [-0.3, -0.25) is 4.79 Å². The van der Waals surface area contributed by atoms with E-state index in [1.54, 1.807) is 7.11 Å². The third kappa shape index (κ3) is 5.97. The van der Waals surface area contributed by atoms with Crippen molar-refractivity contribution in [1.29, 1.82) is 0 Å². The number of hydrogen-bond acceptors (Lipinski definition) is 4. The zero-order chi connectivity index (χ0) is 16.1. The van der Waals surface area contributed by atoms with Crippen LogP contribution in [0, 0.1) is 6.92 Å². The van der Waals surface area contributed by atoms with E-state index in [0.29, 0.717) is 26.1 Å². The second-order valence-electron chi connectivity index (χ2n) is 5.60. The molecule has 0 spiro atoms. The number of rotatable bonds is 5. The lowest BCUT2D eigenvalue weighted by Gasteiger charge is -2.37. The number of amides is 1. The number of methoxy groups -OCH3 is 1. The van der Waals surface area contributed by atoms with Gasteiger partial charge in [0.25, 0.3) is 0 Å². The molecule has 0 aliphatic carbocycles. The second kappa shape index (κ2) is 11.0. The second-order valence-corrected chi connectivity index (χ2v) is 6.03. The lowest BCUT2D eigenvalue weighted by atomic mass is 10.1. The molecule has 1 aromatic carbocycles. The van der Waals surface area contributed by atoms with Crippen LogP contribution >= 0.6 is 36.4 Å². The van der Waals surface area contributed by atoms with Crippen LogP contribution in [0.4, 0.5) is 5.69 Å². The van der Waals surface area contributed by atoms with Crippen LogP contribution in [0.2, 0.25) is 5.02 Å². The highest BCUT2D eigenvalue weighted by Crippen LogP contribution is 2.25. The van der Waals surface area contributed by atoms with Crippen molar-refractivity contribution in [3.05, 3.63) is 28.8 Å². The summed E-state index contributed by atoms with van der Waals surface area (Å²) in [5.41, 5.74) is 7.92. The lowest BCUT2D eigenvalue weighted by Crippen LogP contribution is -2.49. The van der Waals surface area contributed by atoms with Gasteiger partial charge in [0.15, 0.2) is 0 Å². The highest BCUT2D eigenvalue weighted by Gasteiger charge is 2.23. The molecule has 1 amide bonds. The Labute approximate surface area is 161 Å². The summed E-state index contributed by atoms with van der Waals surface area (Å²) in [6, 6.07) is 5.92. The van der Waals surface area contributed by atoms with Crippen molar-refractivity contribution in [2.45, 2.75) is 19.4 Å². The van der Waals surface area contributed by atoms with Gasteiger partial charge in [0.05, 0.1) is 12.5 Å². The van der Waals surface area contributed by atoms with Gasteiger partial charge in [-0.25, -0.2) is 0 Å². The zero-order valence-electron chi connectivity index (χ0n) is 14.0. The minimum absolute atomic E-state index is 0. The van der Waals surface area contributed by atoms with Gasteiger partial charge in [0.2, 0.25) is 5.91 Å². The third-order valence-electron chi connectivity index (χ3n) is 4.14. The maximum absolute atomic E-state index is 12.2. The fourth-order valence-corrected chi connectivity index (χ4v) is 2.87. The summed E-state index contributed by atoms with van der Waals surface area (Å²) in [6.45, 7) is 5.50. The van der Waals surface area contributed by atoms with Crippen LogP contribution in [-0.4, -0.2) is 56.7 Å². The number of carbonyl (C=O) groups is 1. The van der Waals surface area contributed by atoms with Crippen molar-refractivity contribution in [3.63, 3.8) is 0 Å². The SMILES string of the molecule is COC(CN)CC(=O)N1CCN(c2cc(Cl)ccc2C)CC1.Cl.Cl. The summed E-state index contributed by atoms with van der Waals surface area (Å²) < 4.78 is 5.18. The molecule has 1 atom stereocenters. The van der Waals surface area contributed by atoms with Crippen LogP contribution in [0.25, 0.3) is 0 Å². The highest BCUT2D eigenvalue weighted by molar-refractivity contribution is 6.30. The van der Waals surface area contributed by atoms with Crippen molar-refractivity contribution in [1.82, 2.24) is 4.90 Å². The van der Waals surface area contributed by atoms with Crippen molar-refractivity contribution >= 4 is 48.0 Å². The molecule has 1 fully saturated rings. The average Bonchev–Trinajstić information content (AvgIpc) is 2.54. The van der Waals surface area contributed by atoms with Gasteiger partial charge in [-0.15, -0.1) is 24.8 Å². The first-order valence-corrected chi connectivity index (χ1v) is 7.94. The lowest BCUT2D eigenvalue weighted by molar-refractivity contribution is -0.133. The van der Waals surface area contributed by atoms with E-state index < -0.39 is 0 Å². The minimum atomic E-state index is -0.194.